The standard InChI is InChI=1S/C28H49N/c1-18-8-7-11-26(5)21(18)9-12-27(6)22-10-13-28(19(2)29)15-14-25(3,4)17-23(28)20(22)16-24(26)27/h18-24H,7-17,29H2,1-6H3. The molecule has 0 aromatic heterocycles. The molecule has 5 saturated carbocycles. The van der Waals surface area contributed by atoms with Crippen molar-refractivity contribution in [2.24, 2.45) is 62.9 Å². The van der Waals surface area contributed by atoms with Gasteiger partial charge in [-0.25, -0.2) is 0 Å². The zero-order valence-electron chi connectivity index (χ0n) is 20.4. The van der Waals surface area contributed by atoms with Crippen LogP contribution in [0.5, 0.6) is 0 Å². The molecule has 0 heterocycles. The van der Waals surface area contributed by atoms with Crippen LogP contribution in [0, 0.1) is 57.2 Å². The Labute approximate surface area is 181 Å². The molecule has 5 aliphatic carbocycles. The summed E-state index contributed by atoms with van der Waals surface area (Å²) < 4.78 is 0. The first-order valence-electron chi connectivity index (χ1n) is 13.3. The van der Waals surface area contributed by atoms with Crippen molar-refractivity contribution in [3.63, 3.8) is 0 Å². The van der Waals surface area contributed by atoms with Crippen LogP contribution < -0.4 is 5.73 Å². The van der Waals surface area contributed by atoms with E-state index in [0.29, 0.717) is 27.7 Å². The van der Waals surface area contributed by atoms with Crippen LogP contribution in [0.4, 0.5) is 0 Å². The van der Waals surface area contributed by atoms with E-state index in [9.17, 15) is 0 Å². The van der Waals surface area contributed by atoms with Crippen LogP contribution in [-0.2, 0) is 0 Å². The highest BCUT2D eigenvalue weighted by atomic mass is 14.8. The maximum Gasteiger partial charge on any atom is 0.00697 e. The molecule has 10 atom stereocenters. The molecule has 0 aromatic rings. The van der Waals surface area contributed by atoms with Gasteiger partial charge in [0.1, 0.15) is 0 Å². The summed E-state index contributed by atoms with van der Waals surface area (Å²) in [5.41, 5.74) is 9.00. The van der Waals surface area contributed by atoms with E-state index in [-0.39, 0.29) is 0 Å². The van der Waals surface area contributed by atoms with E-state index in [4.69, 9.17) is 5.73 Å². The molecule has 166 valence electrons. The smallest absolute Gasteiger partial charge is 0.00697 e. The van der Waals surface area contributed by atoms with Crippen molar-refractivity contribution in [2.45, 2.75) is 118 Å². The molecule has 0 aromatic carbocycles. The summed E-state index contributed by atoms with van der Waals surface area (Å²) in [6.07, 6.45) is 16.2. The summed E-state index contributed by atoms with van der Waals surface area (Å²) in [6, 6.07) is 0.373. The molecule has 5 fully saturated rings. The zero-order chi connectivity index (χ0) is 20.8. The van der Waals surface area contributed by atoms with Crippen molar-refractivity contribution in [3.05, 3.63) is 0 Å². The highest BCUT2D eigenvalue weighted by molar-refractivity contribution is 5.16. The van der Waals surface area contributed by atoms with E-state index in [0.717, 1.165) is 35.5 Å². The predicted molar refractivity (Wildman–Crippen MR) is 123 cm³/mol. The second-order valence-electron chi connectivity index (χ2n) is 14.1. The predicted octanol–water partition coefficient (Wildman–Crippen LogP) is 7.44. The molecule has 29 heavy (non-hydrogen) atoms. The van der Waals surface area contributed by atoms with Gasteiger partial charge in [0.2, 0.25) is 0 Å². The minimum absolute atomic E-state index is 0.373. The van der Waals surface area contributed by atoms with Gasteiger partial charge in [0.25, 0.3) is 0 Å². The number of fused-ring (bicyclic) bond motifs is 7. The normalized spacial score (nSPS) is 57.2. The van der Waals surface area contributed by atoms with Gasteiger partial charge in [0.05, 0.1) is 0 Å². The van der Waals surface area contributed by atoms with E-state index < -0.39 is 0 Å². The van der Waals surface area contributed by atoms with Crippen LogP contribution in [0.25, 0.3) is 0 Å². The van der Waals surface area contributed by atoms with Gasteiger partial charge in [-0.3, -0.25) is 0 Å². The molecular formula is C28H49N. The minimum Gasteiger partial charge on any atom is -0.327 e. The van der Waals surface area contributed by atoms with Crippen molar-refractivity contribution in [3.8, 4) is 0 Å². The van der Waals surface area contributed by atoms with Crippen LogP contribution in [0.15, 0.2) is 0 Å². The molecule has 0 aliphatic heterocycles. The second-order valence-corrected chi connectivity index (χ2v) is 14.1. The fraction of sp³-hybridized carbons (Fsp3) is 1.00. The fourth-order valence-corrected chi connectivity index (χ4v) is 10.9. The quantitative estimate of drug-likeness (QED) is 0.487. The molecule has 1 nitrogen and oxygen atoms in total. The lowest BCUT2D eigenvalue weighted by atomic mass is 9.44. The van der Waals surface area contributed by atoms with Gasteiger partial charge in [0, 0.05) is 6.04 Å². The number of hydrogen-bond donors (Lipinski definition) is 1. The van der Waals surface area contributed by atoms with Crippen molar-refractivity contribution >= 4 is 0 Å². The summed E-state index contributed by atoms with van der Waals surface area (Å²) in [5, 5.41) is 0. The third kappa shape index (κ3) is 2.74. The molecule has 0 amide bonds. The van der Waals surface area contributed by atoms with Crippen molar-refractivity contribution < 1.29 is 0 Å². The van der Waals surface area contributed by atoms with Crippen molar-refractivity contribution in [1.29, 1.82) is 0 Å². The molecule has 1 heteroatoms. The van der Waals surface area contributed by atoms with E-state index in [1.165, 1.54) is 70.6 Å². The summed E-state index contributed by atoms with van der Waals surface area (Å²) in [6.45, 7) is 15.5. The van der Waals surface area contributed by atoms with Gasteiger partial charge >= 0.3 is 0 Å². The van der Waals surface area contributed by atoms with Gasteiger partial charge in [-0.05, 0) is 122 Å². The summed E-state index contributed by atoms with van der Waals surface area (Å²) in [5.74, 6) is 5.74. The lowest BCUT2D eigenvalue weighted by Gasteiger charge is -2.61. The minimum atomic E-state index is 0.373. The van der Waals surface area contributed by atoms with Gasteiger partial charge < -0.3 is 5.73 Å². The molecule has 5 aliphatic rings. The Morgan fingerprint density at radius 3 is 2.21 bits per heavy atom. The molecule has 0 saturated heterocycles. The Balaban J connectivity index is 1.53. The first-order valence-corrected chi connectivity index (χ1v) is 13.3. The lowest BCUT2D eigenvalue weighted by Crippen LogP contribution is -2.56. The summed E-state index contributed by atoms with van der Waals surface area (Å²) in [4.78, 5) is 0. The highest BCUT2D eigenvalue weighted by Gasteiger charge is 2.67. The monoisotopic (exact) mass is 399 g/mol. The number of nitrogens with two attached hydrogens (primary N) is 1. The number of rotatable bonds is 1. The molecule has 10 unspecified atom stereocenters. The van der Waals surface area contributed by atoms with E-state index in [2.05, 4.69) is 41.5 Å². The Hall–Kier alpha value is -0.0400. The zero-order valence-corrected chi connectivity index (χ0v) is 20.4. The lowest BCUT2D eigenvalue weighted by molar-refractivity contribution is -0.113. The largest absolute Gasteiger partial charge is 0.327 e. The van der Waals surface area contributed by atoms with Crippen LogP contribution in [0.3, 0.4) is 0 Å². The molecular weight excluding hydrogens is 350 g/mol. The Morgan fingerprint density at radius 1 is 0.793 bits per heavy atom. The maximum absolute atomic E-state index is 6.81. The van der Waals surface area contributed by atoms with Crippen LogP contribution in [0.1, 0.15) is 112 Å². The van der Waals surface area contributed by atoms with E-state index in [1.807, 2.05) is 0 Å². The average Bonchev–Trinajstić information content (AvgIpc) is 2.95. The topological polar surface area (TPSA) is 26.0 Å². The van der Waals surface area contributed by atoms with Gasteiger partial charge in [0.15, 0.2) is 0 Å². The Morgan fingerprint density at radius 2 is 1.48 bits per heavy atom. The SMILES string of the molecule is CC1CCCC2(C)C1CCC1(C)C3CCC4(C(C)N)CCC(C)(C)CC4C3CC21. The van der Waals surface area contributed by atoms with E-state index >= 15 is 0 Å². The van der Waals surface area contributed by atoms with Crippen molar-refractivity contribution in [2.75, 3.05) is 0 Å². The van der Waals surface area contributed by atoms with Crippen LogP contribution in [0.2, 0.25) is 0 Å². The molecule has 2 N–H and O–H groups in total. The Kier molecular flexibility index (Phi) is 4.66. The fourth-order valence-electron chi connectivity index (χ4n) is 10.9. The van der Waals surface area contributed by atoms with E-state index in [1.54, 1.807) is 0 Å². The van der Waals surface area contributed by atoms with Gasteiger partial charge in [-0.15, -0.1) is 0 Å². The molecule has 5 rings (SSSR count). The molecule has 0 bridgehead atoms. The Bertz CT molecular complexity index is 651. The van der Waals surface area contributed by atoms with Gasteiger partial charge in [-0.2, -0.15) is 0 Å². The average molecular weight is 400 g/mol. The first-order chi connectivity index (χ1) is 13.5. The van der Waals surface area contributed by atoms with Crippen LogP contribution in [-0.4, -0.2) is 6.04 Å². The van der Waals surface area contributed by atoms with Crippen molar-refractivity contribution in [1.82, 2.24) is 0 Å². The van der Waals surface area contributed by atoms with Gasteiger partial charge in [-0.1, -0.05) is 47.5 Å². The van der Waals surface area contributed by atoms with Crippen LogP contribution >= 0.6 is 0 Å². The third-order valence-corrected chi connectivity index (χ3v) is 12.5. The first kappa shape index (κ1) is 20.8. The highest BCUT2D eigenvalue weighted by Crippen LogP contribution is 2.74. The molecule has 0 spiro atoms. The second kappa shape index (κ2) is 6.49. The maximum atomic E-state index is 6.81. The summed E-state index contributed by atoms with van der Waals surface area (Å²) in [7, 11) is 0. The molecule has 0 radical (unpaired) electrons. The summed E-state index contributed by atoms with van der Waals surface area (Å²) >= 11 is 0. The number of hydrogen-bond acceptors (Lipinski definition) is 1. The third-order valence-electron chi connectivity index (χ3n) is 12.5.